The van der Waals surface area contributed by atoms with E-state index in [2.05, 4.69) is 27.9 Å². The number of fused-ring (bicyclic) bond motifs is 1. The van der Waals surface area contributed by atoms with Crippen LogP contribution in [-0.2, 0) is 32.7 Å². The van der Waals surface area contributed by atoms with E-state index >= 15 is 0 Å². The maximum absolute atomic E-state index is 11.2. The van der Waals surface area contributed by atoms with Gasteiger partial charge in [-0.1, -0.05) is 64.6 Å². The number of anilines is 2. The number of amides is 1. The average Bonchev–Trinajstić information content (AvgIpc) is 2.85. The predicted molar refractivity (Wildman–Crippen MR) is 149 cm³/mol. The summed E-state index contributed by atoms with van der Waals surface area (Å²) in [5, 5.41) is 4.48. The van der Waals surface area contributed by atoms with Crippen molar-refractivity contribution in [3.8, 4) is 11.1 Å². The molecule has 6 nitrogen and oxygen atoms in total. The van der Waals surface area contributed by atoms with Crippen LogP contribution in [0.5, 0.6) is 0 Å². The minimum Gasteiger partial charge on any atom is -0.675 e. The molecule has 7 heteroatoms. The first-order valence-corrected chi connectivity index (χ1v) is 11.6. The molecule has 0 atom stereocenters. The second-order valence-electron chi connectivity index (χ2n) is 7.97. The van der Waals surface area contributed by atoms with E-state index in [0.717, 1.165) is 44.5 Å². The molecule has 0 aliphatic heterocycles. The summed E-state index contributed by atoms with van der Waals surface area (Å²) in [4.78, 5) is 19.8. The summed E-state index contributed by atoms with van der Waals surface area (Å²) in [7, 11) is 0. The minimum atomic E-state index is -0.792. The van der Waals surface area contributed by atoms with Gasteiger partial charge in [0.1, 0.15) is 0 Å². The van der Waals surface area contributed by atoms with Crippen LogP contribution in [0.4, 0.5) is 11.4 Å². The molecule has 0 saturated heterocycles. The van der Waals surface area contributed by atoms with E-state index in [1.165, 1.54) is 0 Å². The van der Waals surface area contributed by atoms with Crippen LogP contribution in [0.1, 0.15) is 50.7 Å². The van der Waals surface area contributed by atoms with E-state index in [-0.39, 0.29) is 44.4 Å². The summed E-state index contributed by atoms with van der Waals surface area (Å²) < 4.78 is 0. The molecule has 2 aromatic carbocycles. The van der Waals surface area contributed by atoms with E-state index in [9.17, 15) is 4.79 Å². The van der Waals surface area contributed by atoms with Gasteiger partial charge in [-0.15, -0.1) is 6.04 Å². The third-order valence-corrected chi connectivity index (χ3v) is 4.70. The third kappa shape index (κ3) is 8.63. The van der Waals surface area contributed by atoms with Crippen molar-refractivity contribution >= 4 is 33.8 Å². The van der Waals surface area contributed by atoms with Crippen molar-refractivity contribution < 1.29 is 37.5 Å². The molecule has 0 bridgehead atoms. The molecular formula is C29H33N5OY-2. The average molecular weight is 557 g/mol. The first-order chi connectivity index (χ1) is 16.8. The number of carbonyl (C=O) groups excluding carboxylic acids is 1. The maximum Gasteiger partial charge on any atom is 0.0983 e. The number of aromatic nitrogens is 2. The number of pyridine rings is 2. The Morgan fingerprint density at radius 1 is 0.944 bits per heavy atom. The summed E-state index contributed by atoms with van der Waals surface area (Å²) in [5.74, 6) is -0.792. The van der Waals surface area contributed by atoms with Crippen LogP contribution in [0.2, 0.25) is 0 Å². The van der Waals surface area contributed by atoms with Crippen LogP contribution < -0.4 is 5.32 Å². The van der Waals surface area contributed by atoms with E-state index in [1.54, 1.807) is 18.3 Å². The molecule has 0 aliphatic carbocycles. The molecule has 4 rings (SSSR count). The normalized spacial score (nSPS) is 9.75. The molecule has 0 fully saturated rings. The van der Waals surface area contributed by atoms with Crippen molar-refractivity contribution in [2.75, 3.05) is 5.32 Å². The number of rotatable bonds is 5. The van der Waals surface area contributed by atoms with Crippen LogP contribution in [0.3, 0.4) is 0 Å². The van der Waals surface area contributed by atoms with E-state index in [4.69, 9.17) is 11.5 Å². The quantitative estimate of drug-likeness (QED) is 0.265. The fraction of sp³-hybridized carbons (Fsp3) is 0.207. The molecule has 1 radical (unpaired) electrons. The van der Waals surface area contributed by atoms with Gasteiger partial charge in [0, 0.05) is 67.3 Å². The molecule has 1 amide bonds. The summed E-state index contributed by atoms with van der Waals surface area (Å²) in [6, 6.07) is 19.4. The number of hydrogen-bond acceptors (Lipinski definition) is 4. The largest absolute Gasteiger partial charge is 0.675 e. The maximum atomic E-state index is 11.2. The first-order valence-electron chi connectivity index (χ1n) is 11.6. The molecule has 3 N–H and O–H groups in total. The number of nitrogens with zero attached hydrogens (tertiary/aromatic N) is 2. The first kappa shape index (κ1) is 31.1. The Hall–Kier alpha value is -2.93. The van der Waals surface area contributed by atoms with E-state index in [0.29, 0.717) is 0 Å². The molecule has 0 unspecified atom stereocenters. The van der Waals surface area contributed by atoms with Crippen molar-refractivity contribution in [1.82, 2.24) is 9.97 Å². The van der Waals surface area contributed by atoms with Crippen LogP contribution in [0.25, 0.3) is 39.1 Å². The van der Waals surface area contributed by atoms with Gasteiger partial charge in [0.25, 0.3) is 0 Å². The van der Waals surface area contributed by atoms with E-state index < -0.39 is 5.91 Å². The van der Waals surface area contributed by atoms with Gasteiger partial charge < -0.3 is 21.6 Å². The van der Waals surface area contributed by atoms with Gasteiger partial charge in [0.2, 0.25) is 0 Å². The molecular weight excluding hydrogens is 523 g/mol. The zero-order valence-electron chi connectivity index (χ0n) is 21.6. The fourth-order valence-corrected chi connectivity index (χ4v) is 3.20. The van der Waals surface area contributed by atoms with Gasteiger partial charge in [-0.05, 0) is 48.4 Å². The molecule has 2 aromatic heterocycles. The molecule has 185 valence electrons. The van der Waals surface area contributed by atoms with Crippen molar-refractivity contribution in [1.29, 1.82) is 0 Å². The van der Waals surface area contributed by atoms with Crippen molar-refractivity contribution in [2.24, 2.45) is 0 Å². The third-order valence-electron chi connectivity index (χ3n) is 4.70. The Morgan fingerprint density at radius 3 is 2.08 bits per heavy atom. The standard InChI is InChI=1S/C24H20N4O.C3H8N.C2H6.Y/c1-15(2)20-14-27-21-10-8-16(17-9-11-22(24(25)29)26-13-17)12-19(21)23(20)28-18-6-4-3-5-7-18;1-3(2)4;1-2;/h3-14H,1H2,2H3,(H3,25,27,28,29);3-4H,1-2H3;1-2H3;/q;-1;;/p-1. The summed E-state index contributed by atoms with van der Waals surface area (Å²) >= 11 is 0. The zero-order valence-corrected chi connectivity index (χ0v) is 24.4. The number of benzene rings is 2. The monoisotopic (exact) mass is 556 g/mol. The molecule has 0 aliphatic rings. The van der Waals surface area contributed by atoms with Gasteiger partial charge >= 0.3 is 0 Å². The van der Waals surface area contributed by atoms with Crippen LogP contribution in [0, 0.1) is 0 Å². The zero-order chi connectivity index (χ0) is 26.0. The number of allylic oxidation sites excluding steroid dienone is 1. The Labute approximate surface area is 239 Å². The van der Waals surface area contributed by atoms with Crippen molar-refractivity contribution in [2.45, 2.75) is 40.7 Å². The summed E-state index contributed by atoms with van der Waals surface area (Å²) in [5.41, 5.74) is 20.4. The Balaban J connectivity index is 0.000000845. The Morgan fingerprint density at radius 2 is 1.56 bits per heavy atom. The minimum absolute atomic E-state index is 0. The van der Waals surface area contributed by atoms with Crippen molar-refractivity contribution in [3.63, 3.8) is 0 Å². The van der Waals surface area contributed by atoms with Gasteiger partial charge in [0.05, 0.1) is 22.8 Å². The smallest absolute Gasteiger partial charge is 0.0983 e. The predicted octanol–water partition coefficient (Wildman–Crippen LogP) is 8.74. The number of para-hydroxylation sites is 1. The van der Waals surface area contributed by atoms with Gasteiger partial charge in [-0.25, -0.2) is 0 Å². The molecule has 36 heavy (non-hydrogen) atoms. The van der Waals surface area contributed by atoms with Gasteiger partial charge in [-0.3, -0.25) is 9.97 Å². The Kier molecular flexibility index (Phi) is 13.2. The van der Waals surface area contributed by atoms with Crippen molar-refractivity contribution in [3.05, 3.63) is 102 Å². The molecule has 4 aromatic rings. The number of hydrogen-bond donors (Lipinski definition) is 1. The second-order valence-corrected chi connectivity index (χ2v) is 7.97. The number of nitrogens with one attached hydrogen (secondary N) is 3. The topological polar surface area (TPSA) is 102 Å². The summed E-state index contributed by atoms with van der Waals surface area (Å²) in [6.07, 6.45) is 3.45. The van der Waals surface area contributed by atoms with Gasteiger partial charge in [0.15, 0.2) is 0 Å². The number of carbonyl (C=O) groups is 1. The molecule has 0 saturated carbocycles. The molecule has 2 heterocycles. The summed E-state index contributed by atoms with van der Waals surface area (Å²) in [6.45, 7) is 13.7. The molecule has 0 spiro atoms. The second kappa shape index (κ2) is 15.2. The van der Waals surface area contributed by atoms with Gasteiger partial charge in [-0.2, -0.15) is 0 Å². The fourth-order valence-electron chi connectivity index (χ4n) is 3.20. The van der Waals surface area contributed by atoms with E-state index in [1.807, 2.05) is 83.3 Å². The Bertz CT molecular complexity index is 1270. The van der Waals surface area contributed by atoms with Crippen LogP contribution in [0.15, 0.2) is 79.6 Å². The SMILES string of the molecule is C=C(C)c1cnc2ccc(-c3ccc(C([NH-])=O)nc3)cc2c1Nc1ccccc1.CC.CC(C)[NH-].[Y]. The van der Waals surface area contributed by atoms with Crippen LogP contribution in [-0.4, -0.2) is 21.9 Å². The van der Waals surface area contributed by atoms with Crippen LogP contribution >= 0.6 is 0 Å².